The molecule has 1 aliphatic carbocycles. The van der Waals surface area contributed by atoms with Crippen LogP contribution in [-0.2, 0) is 10.2 Å². The zero-order valence-corrected chi connectivity index (χ0v) is 17.3. The molecule has 1 amide bonds. The van der Waals surface area contributed by atoms with Crippen LogP contribution in [0.4, 0.5) is 5.69 Å². The number of fused-ring (bicyclic) bond motifs is 1. The minimum absolute atomic E-state index is 0.115. The fourth-order valence-corrected chi connectivity index (χ4v) is 3.72. The number of hydrogen-bond donors (Lipinski definition) is 1. The van der Waals surface area contributed by atoms with E-state index in [2.05, 4.69) is 10.5 Å². The van der Waals surface area contributed by atoms with Gasteiger partial charge in [0.25, 0.3) is 0 Å². The smallest absolute Gasteiger partial charge is 0.236 e. The number of carbonyl (C=O) groups is 1. The molecule has 1 fully saturated rings. The Hall–Kier alpha value is -3.68. The Labute approximate surface area is 179 Å². The summed E-state index contributed by atoms with van der Waals surface area (Å²) in [5.41, 5.74) is 1.38. The largest absolute Gasteiger partial charge is 0.493 e. The molecule has 1 saturated carbocycles. The highest BCUT2D eigenvalue weighted by Gasteiger charge is 2.54. The van der Waals surface area contributed by atoms with E-state index in [-0.39, 0.29) is 5.91 Å². The van der Waals surface area contributed by atoms with E-state index in [4.69, 9.17) is 23.5 Å². The SMILES string of the molecule is COc1ccc(-c2cc(C3(C(=O)Nc4ccc5c(c4)OCCO5)CC3)no2)cc1OC. The second-order valence-corrected chi connectivity index (χ2v) is 7.54. The van der Waals surface area contributed by atoms with Gasteiger partial charge in [-0.15, -0.1) is 0 Å². The van der Waals surface area contributed by atoms with Crippen LogP contribution in [0.1, 0.15) is 18.5 Å². The van der Waals surface area contributed by atoms with Crippen LogP contribution in [0.2, 0.25) is 0 Å². The Kier molecular flexibility index (Phi) is 4.69. The molecule has 8 nitrogen and oxygen atoms in total. The van der Waals surface area contributed by atoms with E-state index in [1.165, 1.54) is 0 Å². The Morgan fingerprint density at radius 2 is 1.74 bits per heavy atom. The first-order chi connectivity index (χ1) is 15.1. The lowest BCUT2D eigenvalue weighted by Gasteiger charge is -2.19. The Morgan fingerprint density at radius 3 is 2.48 bits per heavy atom. The van der Waals surface area contributed by atoms with Gasteiger partial charge in [0, 0.05) is 23.4 Å². The quantitative estimate of drug-likeness (QED) is 0.646. The molecule has 0 atom stereocenters. The van der Waals surface area contributed by atoms with Crippen molar-refractivity contribution in [1.82, 2.24) is 5.16 Å². The van der Waals surface area contributed by atoms with Crippen molar-refractivity contribution >= 4 is 11.6 Å². The molecule has 2 heterocycles. The summed E-state index contributed by atoms with van der Waals surface area (Å²) in [7, 11) is 3.16. The van der Waals surface area contributed by atoms with Crippen molar-refractivity contribution in [3.05, 3.63) is 48.2 Å². The third-order valence-corrected chi connectivity index (χ3v) is 5.65. The molecule has 31 heavy (non-hydrogen) atoms. The monoisotopic (exact) mass is 422 g/mol. The van der Waals surface area contributed by atoms with Crippen LogP contribution in [0, 0.1) is 0 Å². The molecule has 0 radical (unpaired) electrons. The molecule has 0 unspecified atom stereocenters. The van der Waals surface area contributed by atoms with E-state index in [0.717, 1.165) is 5.56 Å². The molecule has 1 aromatic heterocycles. The molecular weight excluding hydrogens is 400 g/mol. The second-order valence-electron chi connectivity index (χ2n) is 7.54. The minimum Gasteiger partial charge on any atom is -0.493 e. The minimum atomic E-state index is -0.689. The predicted octanol–water partition coefficient (Wildman–Crippen LogP) is 3.80. The fourth-order valence-electron chi connectivity index (χ4n) is 3.72. The lowest BCUT2D eigenvalue weighted by molar-refractivity contribution is -0.118. The second kappa shape index (κ2) is 7.54. The van der Waals surface area contributed by atoms with Crippen LogP contribution in [0.3, 0.4) is 0 Å². The first-order valence-electron chi connectivity index (χ1n) is 10.0. The van der Waals surface area contributed by atoms with Crippen molar-refractivity contribution in [2.45, 2.75) is 18.3 Å². The van der Waals surface area contributed by atoms with E-state index in [9.17, 15) is 4.79 Å². The van der Waals surface area contributed by atoms with E-state index in [1.807, 2.05) is 18.2 Å². The van der Waals surface area contributed by atoms with Gasteiger partial charge < -0.3 is 28.8 Å². The highest BCUT2D eigenvalue weighted by molar-refractivity contribution is 6.01. The van der Waals surface area contributed by atoms with Crippen molar-refractivity contribution in [2.24, 2.45) is 0 Å². The third kappa shape index (κ3) is 3.43. The number of nitrogens with one attached hydrogen (secondary N) is 1. The van der Waals surface area contributed by atoms with Gasteiger partial charge >= 0.3 is 0 Å². The van der Waals surface area contributed by atoms with Crippen LogP contribution in [0.25, 0.3) is 11.3 Å². The number of aromatic nitrogens is 1. The van der Waals surface area contributed by atoms with Gasteiger partial charge in [0.15, 0.2) is 28.8 Å². The highest BCUT2D eigenvalue weighted by atomic mass is 16.6. The number of carbonyl (C=O) groups excluding carboxylic acids is 1. The van der Waals surface area contributed by atoms with E-state index < -0.39 is 5.41 Å². The fraction of sp³-hybridized carbons (Fsp3) is 0.304. The zero-order valence-electron chi connectivity index (χ0n) is 17.3. The normalized spacial score (nSPS) is 15.8. The first kappa shape index (κ1) is 19.3. The van der Waals surface area contributed by atoms with Crippen molar-refractivity contribution in [3.8, 4) is 34.3 Å². The number of nitrogens with zero attached hydrogens (tertiary/aromatic N) is 1. The number of hydrogen-bond acceptors (Lipinski definition) is 7. The Morgan fingerprint density at radius 1 is 0.968 bits per heavy atom. The summed E-state index contributed by atoms with van der Waals surface area (Å²) in [6.07, 6.45) is 1.42. The van der Waals surface area contributed by atoms with Gasteiger partial charge in [-0.1, -0.05) is 5.16 Å². The summed E-state index contributed by atoms with van der Waals surface area (Å²) in [6, 6.07) is 12.7. The molecule has 3 aromatic rings. The van der Waals surface area contributed by atoms with E-state index in [0.29, 0.717) is 66.2 Å². The van der Waals surface area contributed by atoms with Crippen molar-refractivity contribution in [1.29, 1.82) is 0 Å². The average Bonchev–Trinajstić information content (AvgIpc) is 3.48. The maximum absolute atomic E-state index is 13.1. The number of amides is 1. The van der Waals surface area contributed by atoms with Gasteiger partial charge in [0.05, 0.1) is 25.3 Å². The summed E-state index contributed by atoms with van der Waals surface area (Å²) < 4.78 is 27.3. The average molecular weight is 422 g/mol. The van der Waals surface area contributed by atoms with Gasteiger partial charge in [-0.05, 0) is 43.2 Å². The van der Waals surface area contributed by atoms with Crippen molar-refractivity contribution in [3.63, 3.8) is 0 Å². The summed E-state index contributed by atoms with van der Waals surface area (Å²) in [5, 5.41) is 7.19. The summed E-state index contributed by atoms with van der Waals surface area (Å²) in [4.78, 5) is 13.1. The molecule has 1 N–H and O–H groups in total. The number of ether oxygens (including phenoxy) is 4. The molecule has 2 aliphatic rings. The van der Waals surface area contributed by atoms with Gasteiger partial charge in [-0.3, -0.25) is 4.79 Å². The lowest BCUT2D eigenvalue weighted by atomic mass is 10.00. The van der Waals surface area contributed by atoms with Crippen molar-refractivity contribution in [2.75, 3.05) is 32.8 Å². The lowest BCUT2D eigenvalue weighted by Crippen LogP contribution is -2.28. The predicted molar refractivity (Wildman–Crippen MR) is 112 cm³/mol. The van der Waals surface area contributed by atoms with Gasteiger partial charge in [0.2, 0.25) is 5.91 Å². The van der Waals surface area contributed by atoms with Crippen LogP contribution in [0.15, 0.2) is 47.0 Å². The number of methoxy groups -OCH3 is 2. The molecule has 1 aliphatic heterocycles. The maximum atomic E-state index is 13.1. The van der Waals surface area contributed by atoms with E-state index in [1.54, 1.807) is 38.5 Å². The van der Waals surface area contributed by atoms with Gasteiger partial charge in [-0.25, -0.2) is 0 Å². The summed E-state index contributed by atoms with van der Waals surface area (Å²) in [6.45, 7) is 1.02. The third-order valence-electron chi connectivity index (χ3n) is 5.65. The van der Waals surface area contributed by atoms with Gasteiger partial charge in [0.1, 0.15) is 13.2 Å². The molecule has 0 bridgehead atoms. The van der Waals surface area contributed by atoms with Gasteiger partial charge in [-0.2, -0.15) is 0 Å². The maximum Gasteiger partial charge on any atom is 0.236 e. The van der Waals surface area contributed by atoms with Crippen LogP contribution in [-0.4, -0.2) is 38.5 Å². The van der Waals surface area contributed by atoms with Crippen LogP contribution < -0.4 is 24.3 Å². The number of rotatable bonds is 6. The molecule has 160 valence electrons. The van der Waals surface area contributed by atoms with Crippen molar-refractivity contribution < 1.29 is 28.3 Å². The zero-order chi connectivity index (χ0) is 21.4. The molecular formula is C23H22N2O6. The Bertz CT molecular complexity index is 1130. The van der Waals surface area contributed by atoms with Crippen LogP contribution in [0.5, 0.6) is 23.0 Å². The molecule has 2 aromatic carbocycles. The number of benzene rings is 2. The molecule has 0 spiro atoms. The number of anilines is 1. The highest BCUT2D eigenvalue weighted by Crippen LogP contribution is 2.49. The first-order valence-corrected chi connectivity index (χ1v) is 10.0. The molecule has 8 heteroatoms. The topological polar surface area (TPSA) is 92.1 Å². The van der Waals surface area contributed by atoms with Crippen LogP contribution >= 0.6 is 0 Å². The van der Waals surface area contributed by atoms with E-state index >= 15 is 0 Å². The summed E-state index contributed by atoms with van der Waals surface area (Å²) >= 11 is 0. The summed E-state index contributed by atoms with van der Waals surface area (Å²) in [5.74, 6) is 2.98. The standard InChI is InChI=1S/C23H22N2O6/c1-27-16-5-3-14(11-19(16)28-2)18-13-21(25-31-18)23(7-8-23)22(26)24-15-4-6-17-20(12-15)30-10-9-29-17/h3-6,11-13H,7-10H2,1-2H3,(H,24,26). The molecule has 5 rings (SSSR count). The Balaban J connectivity index is 1.36. The molecule has 0 saturated heterocycles.